The molecule has 184 valence electrons. The first-order chi connectivity index (χ1) is 19.0. The van der Waals surface area contributed by atoms with Crippen molar-refractivity contribution in [2.45, 2.75) is 0 Å². The number of phenols is 3. The molecule has 0 bridgehead atoms. The van der Waals surface area contributed by atoms with Crippen LogP contribution in [0, 0.1) is 0 Å². The van der Waals surface area contributed by atoms with E-state index >= 15 is 0 Å². The van der Waals surface area contributed by atoms with Gasteiger partial charge < -0.3 is 15.3 Å². The molecule has 7 rings (SSSR count). The number of hydrogen-bond donors (Lipinski definition) is 3. The predicted octanol–water partition coefficient (Wildman–Crippen LogP) is 5.27. The zero-order valence-electron chi connectivity index (χ0n) is 21.7. The topological polar surface area (TPSA) is 60.7 Å². The molecular weight excluding hydrogens is 478 g/mol. The van der Waals surface area contributed by atoms with Crippen molar-refractivity contribution in [1.82, 2.24) is 0 Å². The maximum Gasteiger partial charge on any atom is 0.168 e. The van der Waals surface area contributed by atoms with E-state index in [2.05, 4.69) is 66.7 Å². The lowest BCUT2D eigenvalue weighted by Gasteiger charge is -2.21. The van der Waals surface area contributed by atoms with Crippen LogP contribution < -0.4 is 10.9 Å². The molecule has 0 unspecified atom stereocenters. The van der Waals surface area contributed by atoms with Gasteiger partial charge in [-0.25, -0.2) is 0 Å². The average Bonchev–Trinajstić information content (AvgIpc) is 2.98. The van der Waals surface area contributed by atoms with E-state index in [1.54, 1.807) is 15.7 Å². The van der Waals surface area contributed by atoms with Gasteiger partial charge in [-0.05, 0) is 71.2 Å². The molecule has 39 heavy (non-hydrogen) atoms. The van der Waals surface area contributed by atoms with E-state index in [9.17, 15) is 15.3 Å². The second-order valence-corrected chi connectivity index (χ2v) is 10.2. The van der Waals surface area contributed by atoms with E-state index in [-0.39, 0.29) is 22.8 Å². The smallest absolute Gasteiger partial charge is 0.168 e. The van der Waals surface area contributed by atoms with E-state index in [0.717, 1.165) is 32.7 Å². The molecule has 3 N–H and O–H groups in total. The first-order valence-electron chi connectivity index (χ1n) is 13.1. The van der Waals surface area contributed by atoms with Crippen LogP contribution in [0.25, 0.3) is 65.3 Å². The van der Waals surface area contributed by atoms with Gasteiger partial charge in [-0.2, -0.15) is 0 Å². The lowest BCUT2D eigenvalue weighted by molar-refractivity contribution is 0.403. The highest BCUT2D eigenvalue weighted by molar-refractivity contribution is 6.52. The van der Waals surface area contributed by atoms with E-state index in [4.69, 9.17) is 0 Å². The number of hydrogen-bond acceptors (Lipinski definition) is 3. The molecule has 0 radical (unpaired) electrons. The van der Waals surface area contributed by atoms with Crippen LogP contribution in [0.3, 0.4) is 0 Å². The third-order valence-electron chi connectivity index (χ3n) is 8.19. The monoisotopic (exact) mass is 502 g/mol. The lowest BCUT2D eigenvalue weighted by Crippen LogP contribution is -2.26. The summed E-state index contributed by atoms with van der Waals surface area (Å²) >= 11 is 0. The van der Waals surface area contributed by atoms with Crippen LogP contribution in [0.5, 0.6) is 17.2 Å². The largest absolute Gasteiger partial charge is 0.508 e. The minimum Gasteiger partial charge on any atom is -0.508 e. The van der Waals surface area contributed by atoms with Crippen molar-refractivity contribution < 1.29 is 15.3 Å². The first-order valence-corrected chi connectivity index (χ1v) is 13.1. The molecule has 0 spiro atoms. The summed E-state index contributed by atoms with van der Waals surface area (Å²) < 4.78 is 0. The Hall–Kier alpha value is -4.89. The maximum atomic E-state index is 11.3. The molecule has 0 aliphatic heterocycles. The molecule has 5 heteroatoms. The Morgan fingerprint density at radius 1 is 0.385 bits per heavy atom. The van der Waals surface area contributed by atoms with Gasteiger partial charge in [-0.3, -0.25) is 0 Å². The van der Waals surface area contributed by atoms with Crippen molar-refractivity contribution in [3.05, 3.63) is 103 Å². The normalized spacial score (nSPS) is 11.6. The minimum absolute atomic E-state index is 0.0250. The van der Waals surface area contributed by atoms with Gasteiger partial charge in [0.15, 0.2) is 11.5 Å². The van der Waals surface area contributed by atoms with Gasteiger partial charge in [0.1, 0.15) is 21.4 Å². The zero-order chi connectivity index (χ0) is 26.8. The van der Waals surface area contributed by atoms with Gasteiger partial charge in [0.25, 0.3) is 0 Å². The van der Waals surface area contributed by atoms with Crippen LogP contribution in [-0.2, 0) is 0 Å². The van der Waals surface area contributed by atoms with Crippen LogP contribution in [-0.4, -0.2) is 31.0 Å². The Bertz CT molecular complexity index is 2050. The fourth-order valence-electron chi connectivity index (χ4n) is 6.05. The second kappa shape index (κ2) is 8.57. The van der Waals surface area contributed by atoms with Crippen LogP contribution in [0.15, 0.2) is 103 Å². The highest BCUT2D eigenvalue weighted by atomic mass is 16.3. The number of benzene rings is 7. The van der Waals surface area contributed by atoms with Gasteiger partial charge >= 0.3 is 0 Å². The molecule has 7 aromatic rings. The molecular formula is C34H24B2O3. The maximum absolute atomic E-state index is 11.3. The summed E-state index contributed by atoms with van der Waals surface area (Å²) in [6, 6.07) is 35.5. The molecule has 0 atom stereocenters. The first kappa shape index (κ1) is 23.2. The Kier molecular flexibility index (Phi) is 5.11. The van der Waals surface area contributed by atoms with E-state index in [1.807, 2.05) is 36.4 Å². The Morgan fingerprint density at radius 3 is 1.46 bits per heavy atom. The van der Waals surface area contributed by atoms with Crippen LogP contribution in [0.1, 0.15) is 0 Å². The summed E-state index contributed by atoms with van der Waals surface area (Å²) in [5, 5.41) is 41.8. The van der Waals surface area contributed by atoms with Gasteiger partial charge in [0.2, 0.25) is 0 Å². The van der Waals surface area contributed by atoms with Crippen molar-refractivity contribution in [1.29, 1.82) is 0 Å². The third-order valence-corrected chi connectivity index (χ3v) is 8.19. The summed E-state index contributed by atoms with van der Waals surface area (Å²) in [7, 11) is 3.45. The fourth-order valence-corrected chi connectivity index (χ4v) is 6.05. The number of phenolic OH excluding ortho intramolecular Hbond substituents is 3. The highest BCUT2D eigenvalue weighted by Crippen LogP contribution is 2.49. The standard InChI is InChI=1S/C34H24B2O3/c35-30-31(36)34(39)33(38)29(32(30)37)28-24-11-5-3-9-22(24)27(23-10-4-6-12-25(23)28)20-16-15-19-14-13-18-7-1-2-8-21(18)26(19)17-20/h1-17,37-39H,35-36H2. The number of aromatic hydroxyl groups is 3. The van der Waals surface area contributed by atoms with Gasteiger partial charge in [0, 0.05) is 5.56 Å². The molecule has 0 aliphatic rings. The highest BCUT2D eigenvalue weighted by Gasteiger charge is 2.25. The van der Waals surface area contributed by atoms with E-state index < -0.39 is 0 Å². The summed E-state index contributed by atoms with van der Waals surface area (Å²) in [5.41, 5.74) is 4.13. The molecule has 0 saturated heterocycles. The third kappa shape index (κ3) is 3.33. The molecule has 0 aromatic heterocycles. The van der Waals surface area contributed by atoms with Crippen LogP contribution in [0.2, 0.25) is 0 Å². The Morgan fingerprint density at radius 2 is 0.846 bits per heavy atom. The molecule has 7 aromatic carbocycles. The van der Waals surface area contributed by atoms with Crippen LogP contribution in [0.4, 0.5) is 0 Å². The summed E-state index contributed by atoms with van der Waals surface area (Å²) in [6.45, 7) is 0. The minimum atomic E-state index is -0.309. The Labute approximate surface area is 227 Å². The quantitative estimate of drug-likeness (QED) is 0.0994. The summed E-state index contributed by atoms with van der Waals surface area (Å²) in [6.07, 6.45) is 0. The van der Waals surface area contributed by atoms with Gasteiger partial charge in [0.05, 0.1) is 5.56 Å². The summed E-state index contributed by atoms with van der Waals surface area (Å²) in [4.78, 5) is 0. The summed E-state index contributed by atoms with van der Waals surface area (Å²) in [5.74, 6) is -0.544. The van der Waals surface area contributed by atoms with Gasteiger partial charge in [-0.15, -0.1) is 0 Å². The average molecular weight is 502 g/mol. The molecule has 0 fully saturated rings. The van der Waals surface area contributed by atoms with Crippen molar-refractivity contribution >= 4 is 69.7 Å². The SMILES string of the molecule is Bc1c(B)c(O)c(-c2c3ccccc3c(-c3ccc4ccc5ccccc5c4c3)c3ccccc23)c(O)c1O. The van der Waals surface area contributed by atoms with Crippen LogP contribution >= 0.6 is 0 Å². The molecule has 0 aliphatic carbocycles. The van der Waals surface area contributed by atoms with Crippen molar-refractivity contribution in [3.8, 4) is 39.5 Å². The second-order valence-electron chi connectivity index (χ2n) is 10.2. The van der Waals surface area contributed by atoms with Crippen molar-refractivity contribution in [2.24, 2.45) is 0 Å². The van der Waals surface area contributed by atoms with E-state index in [0.29, 0.717) is 16.5 Å². The number of rotatable bonds is 2. The molecule has 0 heterocycles. The van der Waals surface area contributed by atoms with Crippen molar-refractivity contribution in [2.75, 3.05) is 0 Å². The zero-order valence-corrected chi connectivity index (χ0v) is 21.7. The lowest BCUT2D eigenvalue weighted by atomic mass is 9.76. The Balaban J connectivity index is 1.65. The molecule has 0 amide bonds. The van der Waals surface area contributed by atoms with Crippen molar-refractivity contribution in [3.63, 3.8) is 0 Å². The fraction of sp³-hybridized carbons (Fsp3) is 0. The van der Waals surface area contributed by atoms with Gasteiger partial charge in [-0.1, -0.05) is 97.1 Å². The van der Waals surface area contributed by atoms with E-state index in [1.165, 1.54) is 21.5 Å². The predicted molar refractivity (Wildman–Crippen MR) is 169 cm³/mol. The number of fused-ring (bicyclic) bond motifs is 5. The molecule has 3 nitrogen and oxygen atoms in total. The molecule has 0 saturated carbocycles.